The van der Waals surface area contributed by atoms with Gasteiger partial charge in [-0.15, -0.1) is 0 Å². The summed E-state index contributed by atoms with van der Waals surface area (Å²) in [6.45, 7) is 7.04. The van der Waals surface area contributed by atoms with E-state index in [1.54, 1.807) is 43.2 Å². The topological polar surface area (TPSA) is 89.6 Å². The van der Waals surface area contributed by atoms with E-state index in [0.717, 1.165) is 35.0 Å². The molecule has 1 saturated heterocycles. The summed E-state index contributed by atoms with van der Waals surface area (Å²) >= 11 is 0. The molecule has 4 aromatic heterocycles. The number of aldehydes is 1. The number of carbonyl (C=O) groups is 2. The minimum absolute atomic E-state index is 0.137. The van der Waals surface area contributed by atoms with Crippen LogP contribution >= 0.6 is 0 Å². The van der Waals surface area contributed by atoms with E-state index >= 15 is 0 Å². The van der Waals surface area contributed by atoms with E-state index < -0.39 is 0 Å². The summed E-state index contributed by atoms with van der Waals surface area (Å²) in [5, 5.41) is 6.90. The van der Waals surface area contributed by atoms with Gasteiger partial charge >= 0.3 is 0 Å². The van der Waals surface area contributed by atoms with E-state index in [9.17, 15) is 9.59 Å². The molecule has 9 nitrogen and oxygen atoms in total. The van der Waals surface area contributed by atoms with Gasteiger partial charge in [-0.3, -0.25) is 14.5 Å². The SMILES string of the molecule is CNC(=O)c1c(C)cc2cc(Oc3ccnn4cc(C=O)c(C)c34)ccn12.COC1CN(C)C1C. The second-order valence-electron chi connectivity index (χ2n) is 8.78. The zero-order valence-electron chi connectivity index (χ0n) is 20.9. The Kier molecular flexibility index (Phi) is 6.90. The molecule has 5 heterocycles. The second kappa shape index (κ2) is 9.89. The highest BCUT2D eigenvalue weighted by Crippen LogP contribution is 2.31. The van der Waals surface area contributed by atoms with Gasteiger partial charge in [-0.1, -0.05) is 0 Å². The molecule has 1 amide bonds. The summed E-state index contributed by atoms with van der Waals surface area (Å²) in [6, 6.07) is 8.00. The molecule has 1 fully saturated rings. The Morgan fingerprint density at radius 1 is 1.26 bits per heavy atom. The number of hydrogen-bond donors (Lipinski definition) is 1. The average Bonchev–Trinajstić information content (AvgIpc) is 3.37. The van der Waals surface area contributed by atoms with Crippen LogP contribution in [0.3, 0.4) is 0 Å². The van der Waals surface area contributed by atoms with E-state index in [4.69, 9.17) is 9.47 Å². The average molecular weight is 478 g/mol. The number of likely N-dealkylation sites (N-methyl/N-ethyl adjacent to an activating group) is 1. The van der Waals surface area contributed by atoms with Crippen molar-refractivity contribution in [2.24, 2.45) is 0 Å². The third-order valence-corrected chi connectivity index (χ3v) is 6.66. The molecule has 1 N–H and O–H groups in total. The van der Waals surface area contributed by atoms with E-state index in [-0.39, 0.29) is 5.91 Å². The van der Waals surface area contributed by atoms with E-state index in [1.807, 2.05) is 36.6 Å². The molecule has 2 atom stereocenters. The van der Waals surface area contributed by atoms with Crippen molar-refractivity contribution >= 4 is 23.2 Å². The monoisotopic (exact) mass is 477 g/mol. The number of amides is 1. The minimum atomic E-state index is -0.137. The zero-order chi connectivity index (χ0) is 25.3. The lowest BCUT2D eigenvalue weighted by molar-refractivity contribution is -0.0627. The number of fused-ring (bicyclic) bond motifs is 2. The van der Waals surface area contributed by atoms with Gasteiger partial charge in [-0.25, -0.2) is 4.52 Å². The molecule has 4 aromatic rings. The van der Waals surface area contributed by atoms with Crippen LogP contribution in [0, 0.1) is 13.8 Å². The van der Waals surface area contributed by atoms with Crippen molar-refractivity contribution in [1.82, 2.24) is 24.2 Å². The number of aryl methyl sites for hydroxylation is 2. The lowest BCUT2D eigenvalue weighted by Crippen LogP contribution is -2.56. The largest absolute Gasteiger partial charge is 0.455 e. The van der Waals surface area contributed by atoms with Crippen LogP contribution in [-0.4, -0.2) is 71.0 Å². The van der Waals surface area contributed by atoms with Crippen LogP contribution in [0.1, 0.15) is 38.9 Å². The Balaban J connectivity index is 0.000000308. The zero-order valence-corrected chi connectivity index (χ0v) is 20.9. The molecule has 0 aliphatic carbocycles. The fraction of sp³-hybridized carbons (Fsp3) is 0.346. The molecule has 5 rings (SSSR count). The molecule has 2 unspecified atom stereocenters. The number of likely N-dealkylation sites (tertiary alicyclic amines) is 1. The number of pyridine rings is 1. The number of carbonyl (C=O) groups excluding carboxylic acids is 2. The van der Waals surface area contributed by atoms with Crippen molar-refractivity contribution in [2.75, 3.05) is 27.7 Å². The van der Waals surface area contributed by atoms with Gasteiger partial charge in [-0.2, -0.15) is 5.10 Å². The molecule has 35 heavy (non-hydrogen) atoms. The normalized spacial score (nSPS) is 17.5. The minimum Gasteiger partial charge on any atom is -0.455 e. The number of nitrogens with zero attached hydrogens (tertiary/aromatic N) is 4. The Bertz CT molecular complexity index is 1390. The van der Waals surface area contributed by atoms with Gasteiger partial charge in [0.2, 0.25) is 0 Å². The van der Waals surface area contributed by atoms with Crippen molar-refractivity contribution in [3.8, 4) is 11.5 Å². The Morgan fingerprint density at radius 3 is 2.63 bits per heavy atom. The number of nitrogens with one attached hydrogen (secondary N) is 1. The molecule has 0 saturated carbocycles. The second-order valence-corrected chi connectivity index (χ2v) is 8.78. The van der Waals surface area contributed by atoms with Crippen LogP contribution in [0.25, 0.3) is 11.0 Å². The lowest BCUT2D eigenvalue weighted by Gasteiger charge is -2.42. The number of methoxy groups -OCH3 is 1. The summed E-state index contributed by atoms with van der Waals surface area (Å²) in [4.78, 5) is 25.6. The summed E-state index contributed by atoms with van der Waals surface area (Å²) in [5.41, 5.74) is 4.48. The maximum atomic E-state index is 12.1. The smallest absolute Gasteiger partial charge is 0.268 e. The predicted molar refractivity (Wildman–Crippen MR) is 134 cm³/mol. The molecule has 0 spiro atoms. The first-order valence-electron chi connectivity index (χ1n) is 11.5. The van der Waals surface area contributed by atoms with Crippen LogP contribution in [0.2, 0.25) is 0 Å². The van der Waals surface area contributed by atoms with Gasteiger partial charge in [0.15, 0.2) is 12.0 Å². The first-order valence-corrected chi connectivity index (χ1v) is 11.5. The first-order chi connectivity index (χ1) is 16.8. The number of hydrogen-bond acceptors (Lipinski definition) is 6. The lowest BCUT2D eigenvalue weighted by atomic mass is 10.0. The highest BCUT2D eigenvalue weighted by molar-refractivity contribution is 5.95. The molecule has 0 aromatic carbocycles. The van der Waals surface area contributed by atoms with Crippen LogP contribution in [0.5, 0.6) is 11.5 Å². The molecule has 184 valence electrons. The van der Waals surface area contributed by atoms with Gasteiger partial charge in [0, 0.05) is 62.4 Å². The maximum absolute atomic E-state index is 12.1. The van der Waals surface area contributed by atoms with Crippen molar-refractivity contribution in [3.05, 3.63) is 65.2 Å². The van der Waals surface area contributed by atoms with Crippen LogP contribution in [0.4, 0.5) is 0 Å². The van der Waals surface area contributed by atoms with Gasteiger partial charge in [0.25, 0.3) is 5.91 Å². The molecule has 0 bridgehead atoms. The van der Waals surface area contributed by atoms with Crippen molar-refractivity contribution in [2.45, 2.75) is 32.9 Å². The summed E-state index contributed by atoms with van der Waals surface area (Å²) in [7, 11) is 5.50. The van der Waals surface area contributed by atoms with Gasteiger partial charge in [0.1, 0.15) is 17.0 Å². The Morgan fingerprint density at radius 2 is 2.03 bits per heavy atom. The third kappa shape index (κ3) is 4.52. The molecular weight excluding hydrogens is 446 g/mol. The summed E-state index contributed by atoms with van der Waals surface area (Å²) in [6.07, 6.45) is 6.41. The molecule has 0 radical (unpaired) electrons. The number of rotatable bonds is 5. The Labute approximate surface area is 204 Å². The predicted octanol–water partition coefficient (Wildman–Crippen LogP) is 3.50. The van der Waals surface area contributed by atoms with Crippen molar-refractivity contribution < 1.29 is 19.1 Å². The van der Waals surface area contributed by atoms with E-state index in [0.29, 0.717) is 34.9 Å². The summed E-state index contributed by atoms with van der Waals surface area (Å²) in [5.74, 6) is 1.10. The standard InChI is InChI=1S/C20H18N4O3.C6H13NO/c1-12-8-15-9-16(5-7-23(15)18(12)20(26)21-3)27-17-4-6-22-24-10-14(11-25)13(2)19(17)24;1-5-6(8-3)4-7(5)2/h4-11H,1-3H3,(H,21,26);5-6H,4H2,1-3H3. The first kappa shape index (κ1) is 24.4. The number of aromatic nitrogens is 3. The van der Waals surface area contributed by atoms with Gasteiger partial charge < -0.3 is 19.2 Å². The van der Waals surface area contributed by atoms with E-state index in [1.165, 1.54) is 0 Å². The highest BCUT2D eigenvalue weighted by Gasteiger charge is 2.31. The Hall–Kier alpha value is -3.69. The summed E-state index contributed by atoms with van der Waals surface area (Å²) < 4.78 is 14.7. The molecular formula is C26H31N5O4. The molecule has 1 aliphatic rings. The fourth-order valence-corrected chi connectivity index (χ4v) is 4.35. The van der Waals surface area contributed by atoms with Crippen molar-refractivity contribution in [1.29, 1.82) is 0 Å². The fourth-order valence-electron chi connectivity index (χ4n) is 4.35. The van der Waals surface area contributed by atoms with Crippen molar-refractivity contribution in [3.63, 3.8) is 0 Å². The van der Waals surface area contributed by atoms with Crippen LogP contribution in [-0.2, 0) is 4.74 Å². The molecule has 1 aliphatic heterocycles. The van der Waals surface area contributed by atoms with Crippen LogP contribution < -0.4 is 10.1 Å². The quantitative estimate of drug-likeness (QED) is 0.443. The van der Waals surface area contributed by atoms with Gasteiger partial charge in [0.05, 0.1) is 12.3 Å². The van der Waals surface area contributed by atoms with E-state index in [2.05, 4.69) is 29.3 Å². The maximum Gasteiger partial charge on any atom is 0.268 e. The number of ether oxygens (including phenoxy) is 2. The van der Waals surface area contributed by atoms with Crippen LogP contribution in [0.15, 0.2) is 42.9 Å². The molecule has 9 heteroatoms. The highest BCUT2D eigenvalue weighted by atomic mass is 16.5. The third-order valence-electron chi connectivity index (χ3n) is 6.66. The van der Waals surface area contributed by atoms with Gasteiger partial charge in [-0.05, 0) is 51.1 Å².